The monoisotopic (exact) mass is 460 g/mol. The summed E-state index contributed by atoms with van der Waals surface area (Å²) in [6, 6.07) is 5.04. The number of halogens is 1. The van der Waals surface area contributed by atoms with Crippen LogP contribution in [0.15, 0.2) is 24.4 Å². The SMILES string of the molecule is COc1ccc2ncc(F)c(C(=O)CCC3CCN(CCSC4CC4)CC3C(=O)O)c2c1. The number of aromatic nitrogens is 1. The summed E-state index contributed by atoms with van der Waals surface area (Å²) in [4.78, 5) is 31.2. The van der Waals surface area contributed by atoms with E-state index in [9.17, 15) is 19.1 Å². The Labute approximate surface area is 191 Å². The minimum atomic E-state index is -0.813. The smallest absolute Gasteiger partial charge is 0.308 e. The summed E-state index contributed by atoms with van der Waals surface area (Å²) in [5, 5.41) is 11.0. The first kappa shape index (κ1) is 23.0. The number of thioether (sulfide) groups is 1. The number of ether oxygens (including phenoxy) is 1. The molecule has 0 amide bonds. The Bertz CT molecular complexity index is 997. The van der Waals surface area contributed by atoms with E-state index < -0.39 is 17.7 Å². The van der Waals surface area contributed by atoms with Crippen molar-refractivity contribution in [3.63, 3.8) is 0 Å². The number of benzene rings is 1. The number of hydrogen-bond donors (Lipinski definition) is 1. The van der Waals surface area contributed by atoms with Crippen molar-refractivity contribution in [3.8, 4) is 5.75 Å². The molecular formula is C24H29FN2O4S. The maximum absolute atomic E-state index is 14.6. The fraction of sp³-hybridized carbons (Fsp3) is 0.542. The number of carbonyl (C=O) groups excluding carboxylic acids is 1. The van der Waals surface area contributed by atoms with Crippen molar-refractivity contribution in [2.75, 3.05) is 32.5 Å². The van der Waals surface area contributed by atoms with Crippen molar-refractivity contribution in [1.82, 2.24) is 9.88 Å². The lowest BCUT2D eigenvalue weighted by atomic mass is 9.81. The molecule has 1 aromatic heterocycles. The van der Waals surface area contributed by atoms with E-state index in [4.69, 9.17) is 4.74 Å². The van der Waals surface area contributed by atoms with Crippen LogP contribution in [0.5, 0.6) is 5.75 Å². The van der Waals surface area contributed by atoms with Crippen LogP contribution in [0.25, 0.3) is 10.9 Å². The number of piperidine rings is 1. The largest absolute Gasteiger partial charge is 0.497 e. The minimum absolute atomic E-state index is 0.00955. The molecule has 2 aromatic rings. The van der Waals surface area contributed by atoms with Gasteiger partial charge in [-0.3, -0.25) is 14.6 Å². The van der Waals surface area contributed by atoms with Crippen LogP contribution in [0.3, 0.4) is 0 Å². The predicted octanol–water partition coefficient (Wildman–Crippen LogP) is 4.26. The molecule has 1 aliphatic heterocycles. The van der Waals surface area contributed by atoms with Crippen LogP contribution in [-0.4, -0.2) is 64.5 Å². The molecule has 2 aliphatic rings. The number of fused-ring (bicyclic) bond motifs is 1. The lowest BCUT2D eigenvalue weighted by molar-refractivity contribution is -0.146. The maximum atomic E-state index is 14.6. The van der Waals surface area contributed by atoms with E-state index in [0.717, 1.165) is 36.7 Å². The number of Topliss-reactive ketones (excluding diaryl/α,β-unsaturated/α-hetero) is 1. The summed E-state index contributed by atoms with van der Waals surface area (Å²) < 4.78 is 19.8. The van der Waals surface area contributed by atoms with Gasteiger partial charge in [0.1, 0.15) is 5.75 Å². The molecule has 2 atom stereocenters. The second-order valence-electron chi connectivity index (χ2n) is 8.69. The van der Waals surface area contributed by atoms with Crippen LogP contribution in [0.2, 0.25) is 0 Å². The minimum Gasteiger partial charge on any atom is -0.497 e. The van der Waals surface area contributed by atoms with Gasteiger partial charge in [0.15, 0.2) is 11.6 Å². The molecule has 8 heteroatoms. The highest BCUT2D eigenvalue weighted by atomic mass is 32.2. The fourth-order valence-electron chi connectivity index (χ4n) is 4.48. The second-order valence-corrected chi connectivity index (χ2v) is 10.1. The Morgan fingerprint density at radius 1 is 1.31 bits per heavy atom. The highest BCUT2D eigenvalue weighted by molar-refractivity contribution is 8.00. The third-order valence-corrected chi connectivity index (χ3v) is 7.85. The van der Waals surface area contributed by atoms with Gasteiger partial charge >= 0.3 is 5.97 Å². The van der Waals surface area contributed by atoms with Crippen molar-refractivity contribution < 1.29 is 23.8 Å². The first-order valence-corrected chi connectivity index (χ1v) is 12.2. The van der Waals surface area contributed by atoms with Gasteiger partial charge < -0.3 is 14.7 Å². The number of methoxy groups -OCH3 is 1. The summed E-state index contributed by atoms with van der Waals surface area (Å²) in [7, 11) is 1.51. The molecule has 0 bridgehead atoms. The number of carbonyl (C=O) groups is 2. The highest BCUT2D eigenvalue weighted by Crippen LogP contribution is 2.35. The Morgan fingerprint density at radius 2 is 2.12 bits per heavy atom. The maximum Gasteiger partial charge on any atom is 0.308 e. The number of hydrogen-bond acceptors (Lipinski definition) is 6. The van der Waals surface area contributed by atoms with Gasteiger partial charge in [0.2, 0.25) is 0 Å². The lowest BCUT2D eigenvalue weighted by Crippen LogP contribution is -2.44. The number of aliphatic carboxylic acids is 1. The standard InChI is InChI=1S/C24H29FN2O4S/c1-31-16-3-6-21-18(12-16)23(20(25)13-26-21)22(28)7-2-15-8-9-27(14-19(15)24(29)30)10-11-32-17-4-5-17/h3,6,12-13,15,17,19H,2,4-5,7-11,14H2,1H3,(H,29,30). The molecule has 4 rings (SSSR count). The van der Waals surface area contributed by atoms with E-state index in [-0.39, 0.29) is 23.7 Å². The van der Waals surface area contributed by atoms with E-state index in [1.807, 2.05) is 11.8 Å². The summed E-state index contributed by atoms with van der Waals surface area (Å²) >= 11 is 1.98. The van der Waals surface area contributed by atoms with Gasteiger partial charge in [-0.25, -0.2) is 4.39 Å². The molecule has 0 radical (unpaired) electrons. The summed E-state index contributed by atoms with van der Waals surface area (Å²) in [6.07, 6.45) is 4.97. The van der Waals surface area contributed by atoms with Gasteiger partial charge in [0.25, 0.3) is 0 Å². The van der Waals surface area contributed by atoms with Gasteiger partial charge in [-0.2, -0.15) is 11.8 Å². The first-order chi connectivity index (χ1) is 15.5. The molecule has 6 nitrogen and oxygen atoms in total. The van der Waals surface area contributed by atoms with E-state index in [1.165, 1.54) is 20.0 Å². The third kappa shape index (κ3) is 5.41. The summed E-state index contributed by atoms with van der Waals surface area (Å²) in [6.45, 7) is 2.27. The van der Waals surface area contributed by atoms with Crippen LogP contribution in [0, 0.1) is 17.7 Å². The Kier molecular flexibility index (Phi) is 7.30. The van der Waals surface area contributed by atoms with E-state index in [2.05, 4.69) is 9.88 Å². The Morgan fingerprint density at radius 3 is 2.84 bits per heavy atom. The van der Waals surface area contributed by atoms with Gasteiger partial charge in [0.05, 0.1) is 30.3 Å². The number of carboxylic acid groups (broad SMARTS) is 1. The zero-order chi connectivity index (χ0) is 22.7. The normalized spacial score (nSPS) is 21.6. The van der Waals surface area contributed by atoms with Crippen LogP contribution in [0.4, 0.5) is 4.39 Å². The molecular weight excluding hydrogens is 431 g/mol. The molecule has 2 fully saturated rings. The molecule has 2 unspecified atom stereocenters. The average Bonchev–Trinajstić information content (AvgIpc) is 3.61. The van der Waals surface area contributed by atoms with Crippen LogP contribution in [-0.2, 0) is 4.79 Å². The molecule has 1 saturated heterocycles. The lowest BCUT2D eigenvalue weighted by Gasteiger charge is -2.36. The van der Waals surface area contributed by atoms with Gasteiger partial charge in [-0.05, 0) is 56.3 Å². The van der Waals surface area contributed by atoms with Crippen molar-refractivity contribution >= 4 is 34.4 Å². The number of carboxylic acids is 1. The third-order valence-electron chi connectivity index (χ3n) is 6.49. The number of ketones is 1. The van der Waals surface area contributed by atoms with Gasteiger partial charge in [-0.15, -0.1) is 0 Å². The molecule has 2 heterocycles. The van der Waals surface area contributed by atoms with Crippen molar-refractivity contribution in [2.24, 2.45) is 11.8 Å². The van der Waals surface area contributed by atoms with E-state index >= 15 is 0 Å². The first-order valence-electron chi connectivity index (χ1n) is 11.2. The Hall–Kier alpha value is -2.19. The molecule has 32 heavy (non-hydrogen) atoms. The van der Waals surface area contributed by atoms with Gasteiger partial charge in [0, 0.05) is 35.9 Å². The van der Waals surface area contributed by atoms with Crippen LogP contribution >= 0.6 is 11.8 Å². The van der Waals surface area contributed by atoms with E-state index in [0.29, 0.717) is 29.6 Å². The summed E-state index contributed by atoms with van der Waals surface area (Å²) in [5.41, 5.74) is 0.534. The number of nitrogens with zero attached hydrogens (tertiary/aromatic N) is 2. The molecule has 1 aromatic carbocycles. The number of pyridine rings is 1. The quantitative estimate of drug-likeness (QED) is 0.531. The summed E-state index contributed by atoms with van der Waals surface area (Å²) in [5.74, 6) is -0.817. The van der Waals surface area contributed by atoms with Crippen LogP contribution in [0.1, 0.15) is 42.5 Å². The van der Waals surface area contributed by atoms with Crippen molar-refractivity contribution in [2.45, 2.75) is 37.4 Å². The molecule has 1 aliphatic carbocycles. The van der Waals surface area contributed by atoms with Crippen molar-refractivity contribution in [3.05, 3.63) is 35.8 Å². The number of rotatable bonds is 10. The predicted molar refractivity (Wildman–Crippen MR) is 123 cm³/mol. The Balaban J connectivity index is 1.40. The fourth-order valence-corrected chi connectivity index (χ4v) is 5.65. The zero-order valence-corrected chi connectivity index (χ0v) is 19.1. The molecule has 1 N–H and O–H groups in total. The topological polar surface area (TPSA) is 79.7 Å². The van der Waals surface area contributed by atoms with Crippen molar-refractivity contribution in [1.29, 1.82) is 0 Å². The number of likely N-dealkylation sites (tertiary alicyclic amines) is 1. The average molecular weight is 461 g/mol. The van der Waals surface area contributed by atoms with Crippen LogP contribution < -0.4 is 4.74 Å². The molecule has 1 saturated carbocycles. The zero-order valence-electron chi connectivity index (χ0n) is 18.3. The van der Waals surface area contributed by atoms with Gasteiger partial charge in [-0.1, -0.05) is 0 Å². The van der Waals surface area contributed by atoms with E-state index in [1.54, 1.807) is 18.2 Å². The second kappa shape index (κ2) is 10.2. The molecule has 0 spiro atoms. The highest BCUT2D eigenvalue weighted by Gasteiger charge is 2.34. The molecule has 172 valence electrons.